The molecule has 1 atom stereocenters. The van der Waals surface area contributed by atoms with Gasteiger partial charge in [0, 0.05) is 18.8 Å². The maximum Gasteiger partial charge on any atom is 0.243 e. The number of aryl methyl sites for hydroxylation is 1. The summed E-state index contributed by atoms with van der Waals surface area (Å²) >= 11 is 1.23. The lowest BCUT2D eigenvalue weighted by molar-refractivity contribution is -0.115. The second kappa shape index (κ2) is 10.0. The number of nitrogens with one attached hydrogen (secondary N) is 1. The maximum atomic E-state index is 13.0. The van der Waals surface area contributed by atoms with Crippen LogP contribution in [0.4, 0.5) is 5.69 Å². The molecule has 2 aromatic carbocycles. The van der Waals surface area contributed by atoms with E-state index in [1.54, 1.807) is 29.8 Å². The van der Waals surface area contributed by atoms with E-state index >= 15 is 0 Å². The zero-order valence-corrected chi connectivity index (χ0v) is 20.1. The van der Waals surface area contributed by atoms with Gasteiger partial charge in [0.05, 0.1) is 15.8 Å². The third kappa shape index (κ3) is 5.43. The Morgan fingerprint density at radius 3 is 2.61 bits per heavy atom. The molecule has 11 heteroatoms. The fourth-order valence-electron chi connectivity index (χ4n) is 3.62. The number of hydrogen-bond acceptors (Lipinski definition) is 7. The van der Waals surface area contributed by atoms with Gasteiger partial charge in [0.2, 0.25) is 21.1 Å². The SMILES string of the molecule is Cc1cccc(-n2nnnc2SC(C)C(=O)Nc2cccc(S(=O)(=O)N3CCCCC3)c2)c1. The number of thioether (sulfide) groups is 1. The Kier molecular flexibility index (Phi) is 7.11. The van der Waals surface area contributed by atoms with Crippen LogP contribution in [0.3, 0.4) is 0 Å². The quantitative estimate of drug-likeness (QED) is 0.510. The van der Waals surface area contributed by atoms with E-state index in [1.807, 2.05) is 31.2 Å². The first-order valence-corrected chi connectivity index (χ1v) is 13.1. The van der Waals surface area contributed by atoms with E-state index in [4.69, 9.17) is 0 Å². The van der Waals surface area contributed by atoms with Crippen molar-refractivity contribution in [2.75, 3.05) is 18.4 Å². The van der Waals surface area contributed by atoms with Crippen LogP contribution in [-0.4, -0.2) is 57.2 Å². The molecule has 0 radical (unpaired) electrons. The number of carbonyl (C=O) groups is 1. The summed E-state index contributed by atoms with van der Waals surface area (Å²) < 4.78 is 29.0. The highest BCUT2D eigenvalue weighted by Gasteiger charge is 2.26. The Hall–Kier alpha value is -2.76. The van der Waals surface area contributed by atoms with Crippen LogP contribution in [0, 0.1) is 6.92 Å². The smallest absolute Gasteiger partial charge is 0.243 e. The van der Waals surface area contributed by atoms with Crippen molar-refractivity contribution >= 4 is 33.4 Å². The van der Waals surface area contributed by atoms with Gasteiger partial charge in [0.25, 0.3) is 0 Å². The zero-order valence-electron chi connectivity index (χ0n) is 18.5. The molecular formula is C22H26N6O3S2. The molecule has 0 aliphatic carbocycles. The fraction of sp³-hybridized carbons (Fsp3) is 0.364. The van der Waals surface area contributed by atoms with Gasteiger partial charge in [-0.2, -0.15) is 8.99 Å². The number of carbonyl (C=O) groups excluding carboxylic acids is 1. The largest absolute Gasteiger partial charge is 0.325 e. The summed E-state index contributed by atoms with van der Waals surface area (Å²) in [4.78, 5) is 13.0. The highest BCUT2D eigenvalue weighted by Crippen LogP contribution is 2.26. The lowest BCUT2D eigenvalue weighted by Gasteiger charge is -2.26. The van der Waals surface area contributed by atoms with E-state index < -0.39 is 15.3 Å². The molecule has 1 aliphatic rings. The van der Waals surface area contributed by atoms with Gasteiger partial charge in [0.1, 0.15) is 0 Å². The molecule has 9 nitrogen and oxygen atoms in total. The summed E-state index contributed by atoms with van der Waals surface area (Å²) in [5.41, 5.74) is 2.32. The fourth-order valence-corrected chi connectivity index (χ4v) is 5.99. The minimum atomic E-state index is -3.57. The van der Waals surface area contributed by atoms with E-state index in [1.165, 1.54) is 22.1 Å². The van der Waals surface area contributed by atoms with Crippen LogP contribution in [-0.2, 0) is 14.8 Å². The number of aromatic nitrogens is 4. The number of tetrazole rings is 1. The molecule has 0 spiro atoms. The Balaban J connectivity index is 1.45. The van der Waals surface area contributed by atoms with Crippen LogP contribution in [0.2, 0.25) is 0 Å². The van der Waals surface area contributed by atoms with Crippen molar-refractivity contribution in [3.63, 3.8) is 0 Å². The number of nitrogens with zero attached hydrogens (tertiary/aromatic N) is 5. The van der Waals surface area contributed by atoms with Crippen LogP contribution in [0.25, 0.3) is 5.69 Å². The first-order valence-electron chi connectivity index (χ1n) is 10.8. The molecule has 2 heterocycles. The Bertz CT molecular complexity index is 1240. The van der Waals surface area contributed by atoms with E-state index in [2.05, 4.69) is 20.8 Å². The number of benzene rings is 2. The first-order chi connectivity index (χ1) is 15.8. The van der Waals surface area contributed by atoms with E-state index in [0.717, 1.165) is 30.5 Å². The number of rotatable bonds is 7. The topological polar surface area (TPSA) is 110 Å². The number of anilines is 1. The Morgan fingerprint density at radius 1 is 1.09 bits per heavy atom. The average molecular weight is 487 g/mol. The lowest BCUT2D eigenvalue weighted by Crippen LogP contribution is -2.35. The van der Waals surface area contributed by atoms with Crippen molar-refractivity contribution < 1.29 is 13.2 Å². The third-order valence-corrected chi connectivity index (χ3v) is 8.32. The summed E-state index contributed by atoms with van der Waals surface area (Å²) in [6.45, 7) is 4.80. The minimum Gasteiger partial charge on any atom is -0.325 e. The molecule has 1 unspecified atom stereocenters. The second-order valence-corrected chi connectivity index (χ2v) is 11.2. The number of hydrogen-bond donors (Lipinski definition) is 1. The summed E-state index contributed by atoms with van der Waals surface area (Å²) in [5.74, 6) is -0.272. The van der Waals surface area contributed by atoms with Gasteiger partial charge >= 0.3 is 0 Å². The van der Waals surface area contributed by atoms with E-state index in [9.17, 15) is 13.2 Å². The van der Waals surface area contributed by atoms with Crippen molar-refractivity contribution in [1.29, 1.82) is 0 Å². The van der Waals surface area contributed by atoms with Gasteiger partial charge < -0.3 is 5.32 Å². The summed E-state index contributed by atoms with van der Waals surface area (Å²) in [6, 6.07) is 14.2. The number of sulfonamides is 1. The predicted octanol–water partition coefficient (Wildman–Crippen LogP) is 3.26. The Morgan fingerprint density at radius 2 is 1.85 bits per heavy atom. The molecule has 4 rings (SSSR count). The molecule has 174 valence electrons. The van der Waals surface area contributed by atoms with Crippen LogP contribution >= 0.6 is 11.8 Å². The lowest BCUT2D eigenvalue weighted by atomic mass is 10.2. The minimum absolute atomic E-state index is 0.186. The molecular weight excluding hydrogens is 460 g/mol. The molecule has 1 aromatic heterocycles. The molecule has 1 amide bonds. The highest BCUT2D eigenvalue weighted by atomic mass is 32.2. The molecule has 33 heavy (non-hydrogen) atoms. The molecule has 0 bridgehead atoms. The van der Waals surface area contributed by atoms with Gasteiger partial charge in [-0.15, -0.1) is 5.10 Å². The van der Waals surface area contributed by atoms with Crippen molar-refractivity contribution in [2.24, 2.45) is 0 Å². The molecule has 0 saturated carbocycles. The highest BCUT2D eigenvalue weighted by molar-refractivity contribution is 8.00. The second-order valence-electron chi connectivity index (χ2n) is 7.95. The van der Waals surface area contributed by atoms with Gasteiger partial charge in [-0.05, 0) is 73.0 Å². The summed E-state index contributed by atoms with van der Waals surface area (Å²) in [5, 5.41) is 14.6. The Labute approximate surface area is 197 Å². The van der Waals surface area contributed by atoms with Crippen LogP contribution in [0.15, 0.2) is 58.6 Å². The zero-order chi connectivity index (χ0) is 23.4. The van der Waals surface area contributed by atoms with Gasteiger partial charge in [-0.3, -0.25) is 4.79 Å². The predicted molar refractivity (Wildman–Crippen MR) is 127 cm³/mol. The molecule has 1 N–H and O–H groups in total. The van der Waals surface area contributed by atoms with Crippen molar-refractivity contribution in [3.8, 4) is 5.69 Å². The maximum absolute atomic E-state index is 13.0. The van der Waals surface area contributed by atoms with Crippen molar-refractivity contribution in [3.05, 3.63) is 54.1 Å². The number of amides is 1. The van der Waals surface area contributed by atoms with Crippen molar-refractivity contribution in [1.82, 2.24) is 24.5 Å². The first kappa shape index (κ1) is 23.4. The molecule has 3 aromatic rings. The molecule has 1 aliphatic heterocycles. The van der Waals surface area contributed by atoms with E-state index in [-0.39, 0.29) is 10.8 Å². The van der Waals surface area contributed by atoms with Crippen LogP contribution in [0.1, 0.15) is 31.7 Å². The van der Waals surface area contributed by atoms with Gasteiger partial charge in [-0.1, -0.05) is 36.4 Å². The van der Waals surface area contributed by atoms with Gasteiger partial charge in [-0.25, -0.2) is 8.42 Å². The van der Waals surface area contributed by atoms with Crippen LogP contribution in [0.5, 0.6) is 0 Å². The van der Waals surface area contributed by atoms with E-state index in [0.29, 0.717) is 23.9 Å². The molecule has 1 fully saturated rings. The van der Waals surface area contributed by atoms with Crippen molar-refractivity contribution in [2.45, 2.75) is 48.4 Å². The normalized spacial score (nSPS) is 15.8. The third-order valence-electron chi connectivity index (χ3n) is 5.39. The summed E-state index contributed by atoms with van der Waals surface area (Å²) in [6.07, 6.45) is 2.78. The standard InChI is InChI=1S/C22H26N6O3S2/c1-16-8-6-10-19(14-16)28-22(24-25-26-28)32-17(2)21(29)23-18-9-7-11-20(15-18)33(30,31)27-12-4-3-5-13-27/h6-11,14-15,17H,3-5,12-13H2,1-2H3,(H,23,29). The van der Waals surface area contributed by atoms with Crippen LogP contribution < -0.4 is 5.32 Å². The number of piperidine rings is 1. The average Bonchev–Trinajstić information content (AvgIpc) is 3.28. The summed E-state index contributed by atoms with van der Waals surface area (Å²) in [7, 11) is -3.57. The monoisotopic (exact) mass is 486 g/mol. The van der Waals surface area contributed by atoms with Gasteiger partial charge in [0.15, 0.2) is 0 Å². The molecule has 1 saturated heterocycles.